The highest BCUT2D eigenvalue weighted by atomic mass is 16.7. The lowest BCUT2D eigenvalue weighted by atomic mass is 9.74. The van der Waals surface area contributed by atoms with Crippen molar-refractivity contribution in [3.63, 3.8) is 0 Å². The normalized spacial score (nSPS) is 33.8. The van der Waals surface area contributed by atoms with E-state index in [4.69, 9.17) is 44.0 Å². The van der Waals surface area contributed by atoms with Gasteiger partial charge >= 0.3 is 11.9 Å². The minimum Gasteiger partial charge on any atom is -0.493 e. The van der Waals surface area contributed by atoms with Gasteiger partial charge in [0.15, 0.2) is 23.2 Å². The van der Waals surface area contributed by atoms with Gasteiger partial charge in [-0.2, -0.15) is 0 Å². The number of fused-ring (bicyclic) bond motifs is 6. The molecule has 2 spiro atoms. The topological polar surface area (TPSA) is 218 Å². The van der Waals surface area contributed by atoms with Gasteiger partial charge in [0, 0.05) is 17.2 Å². The predicted octanol–water partition coefficient (Wildman–Crippen LogP) is 0.971. The maximum Gasteiger partial charge on any atom is 0.317 e. The van der Waals surface area contributed by atoms with E-state index in [1.54, 1.807) is 32.4 Å². The molecule has 2 aromatic carbocycles. The molecule has 0 aromatic heterocycles. The quantitative estimate of drug-likeness (QED) is 0.179. The van der Waals surface area contributed by atoms with Crippen molar-refractivity contribution in [2.75, 3.05) is 14.2 Å². The van der Waals surface area contributed by atoms with Crippen molar-refractivity contribution in [2.24, 2.45) is 5.73 Å². The van der Waals surface area contributed by atoms with Crippen LogP contribution in [0.15, 0.2) is 42.6 Å². The number of nitrogens with one attached hydrogen (secondary N) is 1. The van der Waals surface area contributed by atoms with E-state index in [-0.39, 0.29) is 11.7 Å². The summed E-state index contributed by atoms with van der Waals surface area (Å²) in [6.45, 7) is 0. The van der Waals surface area contributed by atoms with Crippen LogP contribution >= 0.6 is 0 Å². The molecule has 15 heteroatoms. The Bertz CT molecular complexity index is 1630. The molecule has 0 radical (unpaired) electrons. The third-order valence-electron chi connectivity index (χ3n) is 9.98. The zero-order valence-corrected chi connectivity index (χ0v) is 26.2. The predicted molar refractivity (Wildman–Crippen MR) is 163 cm³/mol. The average molecular weight is 671 g/mol. The van der Waals surface area contributed by atoms with Crippen LogP contribution in [0.25, 0.3) is 0 Å². The van der Waals surface area contributed by atoms with Crippen molar-refractivity contribution in [3.05, 3.63) is 53.7 Å². The van der Waals surface area contributed by atoms with Crippen LogP contribution in [-0.4, -0.2) is 94.7 Å². The second-order valence-corrected chi connectivity index (χ2v) is 12.7. The molecule has 2 aromatic rings. The molecule has 1 aliphatic carbocycles. The van der Waals surface area contributed by atoms with Crippen molar-refractivity contribution in [1.29, 1.82) is 0 Å². The second kappa shape index (κ2) is 12.0. The number of hydrogen-bond acceptors (Lipinski definition) is 14. The fourth-order valence-corrected chi connectivity index (χ4v) is 7.80. The Morgan fingerprint density at radius 2 is 1.79 bits per heavy atom. The SMILES string of the molecule is COc1ccc2c(c1OC)O[C@H]1c3ccc(O[C@@H]4O[C@@]5(C=CN[C@H](N)[C@H]5OC(=O)CC(=O)O)[C@@H](O)[C@H](O)[C@H]4O)cc3OC3(CCCC3)[C@@H]21. The summed E-state index contributed by atoms with van der Waals surface area (Å²) in [4.78, 5) is 23.5. The largest absolute Gasteiger partial charge is 0.493 e. The number of hydrogen-bond donors (Lipinski definition) is 6. The lowest BCUT2D eigenvalue weighted by Gasteiger charge is -2.52. The zero-order valence-electron chi connectivity index (χ0n) is 26.2. The zero-order chi connectivity index (χ0) is 34.0. The van der Waals surface area contributed by atoms with Gasteiger partial charge in [0.05, 0.1) is 20.1 Å². The summed E-state index contributed by atoms with van der Waals surface area (Å²) in [6, 6.07) is 8.97. The summed E-state index contributed by atoms with van der Waals surface area (Å²) >= 11 is 0. The summed E-state index contributed by atoms with van der Waals surface area (Å²) < 4.78 is 42.2. The molecule has 9 atom stereocenters. The number of carboxylic acids is 1. The molecule has 1 saturated heterocycles. The van der Waals surface area contributed by atoms with Gasteiger partial charge in [0.25, 0.3) is 0 Å². The number of carboxylic acid groups (broad SMARTS) is 1. The number of ether oxygens (including phenoxy) is 7. The maximum atomic E-state index is 12.4. The number of aliphatic hydroxyl groups is 3. The first-order valence-electron chi connectivity index (χ1n) is 15.8. The Hall–Kier alpha value is -4.28. The molecule has 0 bridgehead atoms. The van der Waals surface area contributed by atoms with Crippen LogP contribution in [-0.2, 0) is 19.1 Å². The number of nitrogens with two attached hydrogens (primary N) is 1. The van der Waals surface area contributed by atoms with Crippen LogP contribution < -0.4 is 34.7 Å². The van der Waals surface area contributed by atoms with E-state index in [0.717, 1.165) is 36.8 Å². The Balaban J connectivity index is 1.20. The molecule has 5 aliphatic rings. The fourth-order valence-electron chi connectivity index (χ4n) is 7.80. The minimum atomic E-state index is -2.02. The molecule has 15 nitrogen and oxygen atoms in total. The second-order valence-electron chi connectivity index (χ2n) is 12.7. The molecular weight excluding hydrogens is 632 g/mol. The van der Waals surface area contributed by atoms with Gasteiger partial charge in [-0.1, -0.05) is 6.07 Å². The summed E-state index contributed by atoms with van der Waals surface area (Å²) in [5.41, 5.74) is 5.32. The van der Waals surface area contributed by atoms with E-state index < -0.39 is 72.5 Å². The monoisotopic (exact) mass is 670 g/mol. The van der Waals surface area contributed by atoms with E-state index in [2.05, 4.69) is 5.32 Å². The lowest BCUT2D eigenvalue weighted by Crippen LogP contribution is -2.74. The molecule has 7 N–H and O–H groups in total. The molecule has 0 unspecified atom stereocenters. The molecule has 4 aliphatic heterocycles. The van der Waals surface area contributed by atoms with Crippen LogP contribution in [0.1, 0.15) is 55.3 Å². The highest BCUT2D eigenvalue weighted by Gasteiger charge is 2.61. The number of esters is 1. The van der Waals surface area contributed by atoms with Crippen LogP contribution in [0.4, 0.5) is 0 Å². The molecule has 48 heavy (non-hydrogen) atoms. The van der Waals surface area contributed by atoms with Gasteiger partial charge in [-0.25, -0.2) is 0 Å². The highest BCUT2D eigenvalue weighted by Crippen LogP contribution is 2.64. The molecule has 258 valence electrons. The van der Waals surface area contributed by atoms with Crippen molar-refractivity contribution in [3.8, 4) is 28.7 Å². The van der Waals surface area contributed by atoms with Gasteiger partial charge in [-0.3, -0.25) is 9.59 Å². The van der Waals surface area contributed by atoms with E-state index in [9.17, 15) is 24.9 Å². The van der Waals surface area contributed by atoms with Gasteiger partial charge in [-0.15, -0.1) is 0 Å². The third-order valence-corrected chi connectivity index (χ3v) is 9.98. The molecule has 0 amide bonds. The minimum absolute atomic E-state index is 0.106. The molecule has 7 rings (SSSR count). The summed E-state index contributed by atoms with van der Waals surface area (Å²) in [5, 5.41) is 44.8. The van der Waals surface area contributed by atoms with E-state index >= 15 is 0 Å². The number of rotatable bonds is 7. The van der Waals surface area contributed by atoms with Crippen molar-refractivity contribution in [1.82, 2.24) is 5.32 Å². The number of aliphatic carboxylic acids is 1. The first-order valence-corrected chi connectivity index (χ1v) is 15.8. The Kier molecular flexibility index (Phi) is 8.07. The summed E-state index contributed by atoms with van der Waals surface area (Å²) in [5.74, 6) is -0.292. The van der Waals surface area contributed by atoms with Crippen molar-refractivity contribution in [2.45, 2.75) is 92.2 Å². The lowest BCUT2D eigenvalue weighted by molar-refractivity contribution is -0.321. The number of carbonyl (C=O) groups excluding carboxylic acids is 1. The smallest absolute Gasteiger partial charge is 0.317 e. The van der Waals surface area contributed by atoms with Crippen LogP contribution in [0.5, 0.6) is 28.7 Å². The molecule has 4 heterocycles. The van der Waals surface area contributed by atoms with Gasteiger partial charge < -0.3 is 64.6 Å². The molecule has 1 saturated carbocycles. The van der Waals surface area contributed by atoms with Crippen molar-refractivity contribution < 1.29 is 63.2 Å². The molecule has 2 fully saturated rings. The Morgan fingerprint density at radius 3 is 2.50 bits per heavy atom. The first-order chi connectivity index (χ1) is 23.0. The average Bonchev–Trinajstić information content (AvgIpc) is 3.69. The Morgan fingerprint density at radius 1 is 1.04 bits per heavy atom. The highest BCUT2D eigenvalue weighted by molar-refractivity contribution is 5.90. The number of methoxy groups -OCH3 is 2. The van der Waals surface area contributed by atoms with Gasteiger partial charge in [0.2, 0.25) is 12.0 Å². The van der Waals surface area contributed by atoms with Crippen LogP contribution in [0.2, 0.25) is 0 Å². The maximum absolute atomic E-state index is 12.4. The third kappa shape index (κ3) is 4.99. The van der Waals surface area contributed by atoms with E-state index in [1.165, 1.54) is 12.3 Å². The Labute approximate surface area is 275 Å². The van der Waals surface area contributed by atoms with Crippen LogP contribution in [0, 0.1) is 0 Å². The molecular formula is C33H38N2O13. The summed E-state index contributed by atoms with van der Waals surface area (Å²) in [7, 11) is 3.14. The van der Waals surface area contributed by atoms with Gasteiger partial charge in [0.1, 0.15) is 54.1 Å². The summed E-state index contributed by atoms with van der Waals surface area (Å²) in [6.07, 6.45) is -4.91. The first kappa shape index (κ1) is 32.3. The van der Waals surface area contributed by atoms with Gasteiger partial charge in [-0.05, 0) is 56.2 Å². The number of aliphatic hydroxyl groups excluding tert-OH is 3. The fraction of sp³-hybridized carbons (Fsp3) is 0.515. The standard InChI is InChI=1S/C33H38N2O13/c1-42-18-8-7-17-22-25(46-26(17)27(18)43-2)16-6-5-15(13-19(16)47-32(22)9-3-4-10-32)44-31-24(40)23(39)28(41)33(48-31)11-12-35-30(34)29(33)45-21(38)14-20(36)37/h5-8,11-13,22-25,28-31,35,39-41H,3-4,9-10,14,34H2,1-2H3,(H,36,37)/t22-,23+,24+,25-,28-,29+,30-,31+,33-/m0/s1. The van der Waals surface area contributed by atoms with Crippen LogP contribution in [0.3, 0.4) is 0 Å². The number of carbonyl (C=O) groups is 2. The van der Waals surface area contributed by atoms with E-state index in [1.807, 2.05) is 12.1 Å². The van der Waals surface area contributed by atoms with E-state index in [0.29, 0.717) is 23.0 Å². The number of benzene rings is 2. The van der Waals surface area contributed by atoms with Crippen molar-refractivity contribution >= 4 is 11.9 Å².